The first-order valence-corrected chi connectivity index (χ1v) is 15.3. The Morgan fingerprint density at radius 2 is 1.77 bits per heavy atom. The van der Waals surface area contributed by atoms with Crippen LogP contribution >= 0.6 is 11.3 Å². The van der Waals surface area contributed by atoms with Crippen LogP contribution in [0.25, 0.3) is 0 Å². The maximum Gasteiger partial charge on any atom is 0.248 e. The fourth-order valence-electron chi connectivity index (χ4n) is 6.93. The van der Waals surface area contributed by atoms with Crippen LogP contribution in [0.5, 0.6) is 0 Å². The van der Waals surface area contributed by atoms with Crippen molar-refractivity contribution in [2.45, 2.75) is 121 Å². The Morgan fingerprint density at radius 3 is 2.36 bits per heavy atom. The zero-order valence-electron chi connectivity index (χ0n) is 23.5. The van der Waals surface area contributed by atoms with E-state index in [1.807, 2.05) is 18.4 Å². The van der Waals surface area contributed by atoms with E-state index in [0.717, 1.165) is 42.3 Å². The van der Waals surface area contributed by atoms with Crippen molar-refractivity contribution in [1.82, 2.24) is 25.0 Å². The first-order valence-electron chi connectivity index (χ1n) is 14.5. The van der Waals surface area contributed by atoms with Gasteiger partial charge in [0.1, 0.15) is 11.6 Å². The first-order chi connectivity index (χ1) is 18.5. The summed E-state index contributed by atoms with van der Waals surface area (Å²) in [5.74, 6) is -0.805. The highest BCUT2D eigenvalue weighted by molar-refractivity contribution is 7.10. The lowest BCUT2D eigenvalue weighted by Gasteiger charge is -2.40. The number of alkyl halides is 2. The Morgan fingerprint density at radius 1 is 1.10 bits per heavy atom. The lowest BCUT2D eigenvalue weighted by Crippen LogP contribution is -2.45. The maximum atomic E-state index is 13.7. The highest BCUT2D eigenvalue weighted by atomic mass is 32.1. The third-order valence-electron chi connectivity index (χ3n) is 9.08. The van der Waals surface area contributed by atoms with E-state index in [2.05, 4.69) is 38.8 Å². The average Bonchev–Trinajstić information content (AvgIpc) is 3.58. The Labute approximate surface area is 233 Å². The summed E-state index contributed by atoms with van der Waals surface area (Å²) in [6.07, 6.45) is 5.16. The van der Waals surface area contributed by atoms with Crippen molar-refractivity contribution in [2.24, 2.45) is 5.92 Å². The summed E-state index contributed by atoms with van der Waals surface area (Å²) in [6.45, 7) is 8.77. The molecule has 1 saturated carbocycles. The molecule has 0 radical (unpaired) electrons. The molecule has 10 heteroatoms. The van der Waals surface area contributed by atoms with E-state index in [1.54, 1.807) is 6.92 Å². The molecule has 2 aromatic rings. The number of rotatable bonds is 9. The molecule has 0 spiro atoms. The third kappa shape index (κ3) is 6.11. The van der Waals surface area contributed by atoms with Crippen LogP contribution in [-0.2, 0) is 4.79 Å². The van der Waals surface area contributed by atoms with Gasteiger partial charge in [0.05, 0.1) is 6.04 Å². The zero-order valence-corrected chi connectivity index (χ0v) is 24.3. The van der Waals surface area contributed by atoms with Gasteiger partial charge < -0.3 is 9.88 Å². The van der Waals surface area contributed by atoms with Crippen LogP contribution in [0.15, 0.2) is 11.4 Å². The third-order valence-corrected chi connectivity index (χ3v) is 10.1. The van der Waals surface area contributed by atoms with Gasteiger partial charge in [-0.3, -0.25) is 14.5 Å². The van der Waals surface area contributed by atoms with Gasteiger partial charge in [0.15, 0.2) is 5.78 Å². The van der Waals surface area contributed by atoms with Crippen molar-refractivity contribution in [3.05, 3.63) is 33.5 Å². The minimum absolute atomic E-state index is 0.00209. The first kappa shape index (κ1) is 28.3. The molecule has 4 atom stereocenters. The number of ketones is 1. The second-order valence-corrected chi connectivity index (χ2v) is 13.1. The van der Waals surface area contributed by atoms with Gasteiger partial charge in [0.25, 0.3) is 0 Å². The summed E-state index contributed by atoms with van der Waals surface area (Å²) in [6, 6.07) is 3.01. The van der Waals surface area contributed by atoms with Gasteiger partial charge in [0.2, 0.25) is 11.8 Å². The van der Waals surface area contributed by atoms with Gasteiger partial charge in [-0.1, -0.05) is 13.8 Å². The maximum absolute atomic E-state index is 13.7. The Hall–Kier alpha value is -2.20. The number of piperidine rings is 1. The molecule has 3 aliphatic rings. The number of carbonyl (C=O) groups is 2. The minimum atomic E-state index is -2.66. The number of amides is 1. The van der Waals surface area contributed by atoms with Crippen LogP contribution in [0.1, 0.15) is 123 Å². The number of nitrogens with zero attached hydrogens (tertiary/aromatic N) is 4. The van der Waals surface area contributed by atoms with E-state index >= 15 is 0 Å². The topological polar surface area (TPSA) is 80.1 Å². The Kier molecular flexibility index (Phi) is 8.25. The number of halogens is 2. The summed E-state index contributed by atoms with van der Waals surface area (Å²) in [5.41, 5.74) is 0.651. The molecule has 2 bridgehead atoms. The molecule has 7 nitrogen and oxygen atoms in total. The molecule has 2 aromatic heterocycles. The second-order valence-electron chi connectivity index (χ2n) is 12.2. The number of carbonyl (C=O) groups excluding carboxylic acids is 2. The fraction of sp³-hybridized carbons (Fsp3) is 0.724. The number of thiophene rings is 1. The summed E-state index contributed by atoms with van der Waals surface area (Å²) >= 11 is 1.49. The predicted octanol–water partition coefficient (Wildman–Crippen LogP) is 6.22. The number of nitrogens with one attached hydrogen (secondary N) is 1. The molecule has 39 heavy (non-hydrogen) atoms. The highest BCUT2D eigenvalue weighted by Crippen LogP contribution is 2.43. The number of fused-ring (bicyclic) bond motifs is 2. The fourth-order valence-corrected chi connectivity index (χ4v) is 7.96. The van der Waals surface area contributed by atoms with E-state index in [4.69, 9.17) is 0 Å². The molecular weight excluding hydrogens is 520 g/mol. The molecule has 4 heterocycles. The van der Waals surface area contributed by atoms with Crippen molar-refractivity contribution in [2.75, 3.05) is 6.54 Å². The quantitative estimate of drug-likeness (QED) is 0.368. The molecule has 1 aliphatic carbocycles. The Balaban J connectivity index is 1.27. The van der Waals surface area contributed by atoms with Crippen LogP contribution in [0, 0.1) is 12.8 Å². The lowest BCUT2D eigenvalue weighted by atomic mass is 9.86. The van der Waals surface area contributed by atoms with E-state index in [0.29, 0.717) is 29.6 Å². The van der Waals surface area contributed by atoms with Crippen molar-refractivity contribution >= 4 is 23.0 Å². The lowest BCUT2D eigenvalue weighted by molar-refractivity contribution is -0.130. The summed E-state index contributed by atoms with van der Waals surface area (Å²) in [5, 5.41) is 13.9. The van der Waals surface area contributed by atoms with Crippen LogP contribution in [0.3, 0.4) is 0 Å². The molecule has 0 unspecified atom stereocenters. The molecule has 0 aromatic carbocycles. The zero-order chi connectivity index (χ0) is 27.9. The largest absolute Gasteiger partial charge is 0.348 e. The molecule has 1 N–H and O–H groups in total. The van der Waals surface area contributed by atoms with Crippen LogP contribution in [0.4, 0.5) is 8.78 Å². The second kappa shape index (κ2) is 11.4. The summed E-state index contributed by atoms with van der Waals surface area (Å²) in [4.78, 5) is 28.7. The van der Waals surface area contributed by atoms with Crippen LogP contribution in [0.2, 0.25) is 0 Å². The highest BCUT2D eigenvalue weighted by Gasteiger charge is 2.43. The van der Waals surface area contributed by atoms with Gasteiger partial charge >= 0.3 is 0 Å². The normalized spacial score (nSPS) is 26.2. The monoisotopic (exact) mass is 561 g/mol. The van der Waals surface area contributed by atoms with E-state index < -0.39 is 5.92 Å². The molecule has 3 fully saturated rings. The van der Waals surface area contributed by atoms with Gasteiger partial charge in [0, 0.05) is 65.2 Å². The summed E-state index contributed by atoms with van der Waals surface area (Å²) in [7, 11) is 0. The van der Waals surface area contributed by atoms with E-state index in [-0.39, 0.29) is 49.3 Å². The summed E-state index contributed by atoms with van der Waals surface area (Å²) < 4.78 is 29.7. The number of aromatic nitrogens is 3. The van der Waals surface area contributed by atoms with Gasteiger partial charge in [-0.2, -0.15) is 0 Å². The number of aryl methyl sites for hydroxylation is 1. The van der Waals surface area contributed by atoms with Crippen molar-refractivity contribution < 1.29 is 18.4 Å². The van der Waals surface area contributed by atoms with Crippen molar-refractivity contribution in [3.63, 3.8) is 0 Å². The number of Topliss-reactive ketones (excluding diaryl/α,β-unsaturated/α-hetero) is 1. The average molecular weight is 562 g/mol. The van der Waals surface area contributed by atoms with E-state index in [1.165, 1.54) is 24.2 Å². The van der Waals surface area contributed by atoms with E-state index in [9.17, 15) is 18.4 Å². The standard InChI is InChI=1S/C29H41F2N5O2S/c1-17(2)27-34-33-19(4)36(27)24-14-22-5-6-23(15-24)35(22)12-9-25(26-13-21(16-39-26)18(3)37)32-28(38)20-7-10-29(30,31)11-8-20/h13,16-17,20,22-25H,5-12,14-15H2,1-4H3,(H,32,38)/t22-,23+,24-,25-/m0/s1. The SMILES string of the molecule is CC(=O)c1csc([C@H](CCN2[C@@H]3CC[C@H]2C[C@H](n2c(C)nnc2C(C)C)C3)NC(=O)C2CCC(F)(F)CC2)c1. The molecule has 1 amide bonds. The Bertz CT molecular complexity index is 1170. The van der Waals surface area contributed by atoms with Crippen LogP contribution < -0.4 is 5.32 Å². The molecule has 2 saturated heterocycles. The van der Waals surface area contributed by atoms with Crippen LogP contribution in [-0.4, -0.2) is 55.9 Å². The van der Waals surface area contributed by atoms with Gasteiger partial charge in [-0.25, -0.2) is 8.78 Å². The smallest absolute Gasteiger partial charge is 0.248 e. The van der Waals surface area contributed by atoms with Crippen molar-refractivity contribution in [3.8, 4) is 0 Å². The predicted molar refractivity (Wildman–Crippen MR) is 147 cm³/mol. The number of hydrogen-bond acceptors (Lipinski definition) is 6. The molecule has 5 rings (SSSR count). The minimum Gasteiger partial charge on any atom is -0.348 e. The molecule has 2 aliphatic heterocycles. The number of hydrogen-bond donors (Lipinski definition) is 1. The molecule has 214 valence electrons. The molecular formula is C29H41F2N5O2S. The van der Waals surface area contributed by atoms with Gasteiger partial charge in [-0.15, -0.1) is 21.5 Å². The van der Waals surface area contributed by atoms with Gasteiger partial charge in [-0.05, 0) is 64.9 Å². The van der Waals surface area contributed by atoms with Crippen molar-refractivity contribution in [1.29, 1.82) is 0 Å².